The Kier molecular flexibility index (Phi) is 8.00. The van der Waals surface area contributed by atoms with Gasteiger partial charge in [0.25, 0.3) is 0 Å². The third-order valence-electron chi connectivity index (χ3n) is 4.98. The lowest BCUT2D eigenvalue weighted by Gasteiger charge is -2.45. The molecule has 9 atom stereocenters. The Labute approximate surface area is 168 Å². The molecule has 1 aliphatic heterocycles. The van der Waals surface area contributed by atoms with Crippen LogP contribution in [0.4, 0.5) is 0 Å². The van der Waals surface area contributed by atoms with Crippen molar-refractivity contribution in [1.82, 2.24) is 0 Å². The van der Waals surface area contributed by atoms with Gasteiger partial charge in [0.2, 0.25) is 0 Å². The van der Waals surface area contributed by atoms with Gasteiger partial charge in [0.1, 0.15) is 12.2 Å². The van der Waals surface area contributed by atoms with Gasteiger partial charge in [-0.15, -0.1) is 0 Å². The molecule has 2 rings (SSSR count). The molecule has 13 nitrogen and oxygen atoms in total. The molecule has 0 radical (unpaired) electrons. The summed E-state index contributed by atoms with van der Waals surface area (Å²) in [6.45, 7) is 3.09. The molecule has 0 aromatic rings. The lowest BCUT2D eigenvalue weighted by atomic mass is 9.81. The van der Waals surface area contributed by atoms with Crippen molar-refractivity contribution in [2.75, 3.05) is 13.7 Å². The standard InChI is InChI=1S/C14H26O13S2/c1-6-4-8(23-3)10(16)12(26-28(17,18)19)11(6)25-14-13(27-29(20,21)22)9(15)7(2)5-24-14/h6-16H,4-5H2,1-3H3,(H,17,18,19)(H,20,21,22)/t6?,7-,8?,9-,10-,11+,12-,13+,14+/m1/s1. The summed E-state index contributed by atoms with van der Waals surface area (Å²) >= 11 is 0. The summed E-state index contributed by atoms with van der Waals surface area (Å²) < 4.78 is 88.1. The third kappa shape index (κ3) is 6.51. The molecule has 0 aromatic heterocycles. The molecular weight excluding hydrogens is 440 g/mol. The fourth-order valence-corrected chi connectivity index (χ4v) is 4.50. The number of aliphatic hydroxyl groups excluding tert-OH is 2. The fourth-order valence-electron chi connectivity index (χ4n) is 3.51. The van der Waals surface area contributed by atoms with Crippen molar-refractivity contribution in [1.29, 1.82) is 0 Å². The van der Waals surface area contributed by atoms with Gasteiger partial charge in [0.15, 0.2) is 12.4 Å². The van der Waals surface area contributed by atoms with Crippen molar-refractivity contribution in [3.8, 4) is 0 Å². The Morgan fingerprint density at radius 3 is 1.93 bits per heavy atom. The van der Waals surface area contributed by atoms with Crippen LogP contribution in [0.2, 0.25) is 0 Å². The monoisotopic (exact) mass is 466 g/mol. The van der Waals surface area contributed by atoms with Crippen molar-refractivity contribution in [3.05, 3.63) is 0 Å². The van der Waals surface area contributed by atoms with E-state index in [2.05, 4.69) is 8.37 Å². The molecule has 0 bridgehead atoms. The van der Waals surface area contributed by atoms with E-state index in [1.165, 1.54) is 7.11 Å². The van der Waals surface area contributed by atoms with Crippen molar-refractivity contribution in [3.63, 3.8) is 0 Å². The van der Waals surface area contributed by atoms with Gasteiger partial charge in [-0.05, 0) is 12.3 Å². The van der Waals surface area contributed by atoms with Crippen molar-refractivity contribution in [2.45, 2.75) is 63.2 Å². The van der Waals surface area contributed by atoms with Gasteiger partial charge in [-0.1, -0.05) is 13.8 Å². The maximum atomic E-state index is 11.2. The SMILES string of the molecule is COC1CC(C)[C@H](O[C@@H]2OC[C@@H](C)[C@@H](O)[C@@H]2OS(=O)(=O)O)[C@H](OS(=O)(=O)O)[C@@H]1O. The summed E-state index contributed by atoms with van der Waals surface area (Å²) in [5, 5.41) is 20.6. The highest BCUT2D eigenvalue weighted by Gasteiger charge is 2.50. The van der Waals surface area contributed by atoms with Gasteiger partial charge < -0.3 is 24.4 Å². The first-order valence-corrected chi connectivity index (χ1v) is 11.4. The molecule has 172 valence electrons. The average molecular weight is 466 g/mol. The molecule has 4 N–H and O–H groups in total. The van der Waals surface area contributed by atoms with Gasteiger partial charge in [-0.3, -0.25) is 9.11 Å². The molecule has 1 aliphatic carbocycles. The van der Waals surface area contributed by atoms with Crippen LogP contribution in [0.25, 0.3) is 0 Å². The van der Waals surface area contributed by atoms with Crippen molar-refractivity contribution >= 4 is 20.8 Å². The van der Waals surface area contributed by atoms with E-state index < -0.39 is 75.5 Å². The van der Waals surface area contributed by atoms with Crippen LogP contribution in [0.15, 0.2) is 0 Å². The Bertz CT molecular complexity index is 753. The predicted octanol–water partition coefficient (Wildman–Crippen LogP) is -1.48. The summed E-state index contributed by atoms with van der Waals surface area (Å²) in [6.07, 6.45) is -9.69. The topological polar surface area (TPSA) is 195 Å². The fraction of sp³-hybridized carbons (Fsp3) is 1.00. The molecule has 15 heteroatoms. The number of rotatable bonds is 7. The Morgan fingerprint density at radius 1 is 0.862 bits per heavy atom. The molecule has 1 saturated carbocycles. The van der Waals surface area contributed by atoms with Crippen LogP contribution < -0.4 is 0 Å². The van der Waals surface area contributed by atoms with Gasteiger partial charge in [0.05, 0.1) is 24.9 Å². The first-order valence-electron chi connectivity index (χ1n) is 8.71. The average Bonchev–Trinajstić information content (AvgIpc) is 2.57. The third-order valence-corrected chi connectivity index (χ3v) is 5.91. The highest BCUT2D eigenvalue weighted by atomic mass is 32.3. The first-order chi connectivity index (χ1) is 13.2. The van der Waals surface area contributed by atoms with E-state index >= 15 is 0 Å². The zero-order valence-electron chi connectivity index (χ0n) is 15.9. The number of aliphatic hydroxyl groups is 2. The van der Waals surface area contributed by atoms with E-state index in [1.54, 1.807) is 13.8 Å². The summed E-state index contributed by atoms with van der Waals surface area (Å²) in [5.41, 5.74) is 0. The Hall–Kier alpha value is -0.460. The highest BCUT2D eigenvalue weighted by Crippen LogP contribution is 2.35. The number of hydrogen-bond donors (Lipinski definition) is 4. The van der Waals surface area contributed by atoms with Crippen molar-refractivity contribution in [2.24, 2.45) is 11.8 Å². The largest absolute Gasteiger partial charge is 0.397 e. The van der Waals surface area contributed by atoms with E-state index in [0.717, 1.165) is 0 Å². The molecular formula is C14H26O13S2. The minimum Gasteiger partial charge on any atom is -0.390 e. The van der Waals surface area contributed by atoms with E-state index in [0.29, 0.717) is 0 Å². The van der Waals surface area contributed by atoms with Gasteiger partial charge >= 0.3 is 20.8 Å². The normalized spacial score (nSPS) is 42.0. The zero-order chi connectivity index (χ0) is 22.1. The second-order valence-corrected chi connectivity index (χ2v) is 9.32. The molecule has 0 amide bonds. The quantitative estimate of drug-likeness (QED) is 0.317. The van der Waals surface area contributed by atoms with Crippen LogP contribution in [0, 0.1) is 11.8 Å². The summed E-state index contributed by atoms with van der Waals surface area (Å²) in [6, 6.07) is 0. The lowest BCUT2D eigenvalue weighted by molar-refractivity contribution is -0.292. The maximum Gasteiger partial charge on any atom is 0.397 e. The van der Waals surface area contributed by atoms with Crippen LogP contribution in [0.5, 0.6) is 0 Å². The molecule has 2 unspecified atom stereocenters. The van der Waals surface area contributed by atoms with Crippen LogP contribution in [0.3, 0.4) is 0 Å². The lowest BCUT2D eigenvalue weighted by Crippen LogP contribution is -2.60. The van der Waals surface area contributed by atoms with Gasteiger partial charge in [-0.25, -0.2) is 8.37 Å². The maximum absolute atomic E-state index is 11.2. The minimum atomic E-state index is -5.00. The van der Waals surface area contributed by atoms with E-state index in [4.69, 9.17) is 23.3 Å². The number of ether oxygens (including phenoxy) is 3. The van der Waals surface area contributed by atoms with Crippen molar-refractivity contribution < 1.29 is 58.7 Å². The predicted molar refractivity (Wildman–Crippen MR) is 93.2 cm³/mol. The first kappa shape index (κ1) is 24.8. The molecule has 1 saturated heterocycles. The second-order valence-electron chi connectivity index (χ2n) is 7.23. The second kappa shape index (κ2) is 9.35. The van der Waals surface area contributed by atoms with E-state index in [-0.39, 0.29) is 13.0 Å². The Morgan fingerprint density at radius 2 is 1.41 bits per heavy atom. The summed E-state index contributed by atoms with van der Waals surface area (Å²) in [5.74, 6) is -1.10. The summed E-state index contributed by atoms with van der Waals surface area (Å²) in [4.78, 5) is 0. The smallest absolute Gasteiger partial charge is 0.390 e. The zero-order valence-corrected chi connectivity index (χ0v) is 17.5. The number of methoxy groups -OCH3 is 1. The van der Waals surface area contributed by atoms with Crippen LogP contribution in [-0.4, -0.2) is 92.8 Å². The van der Waals surface area contributed by atoms with Gasteiger partial charge in [-0.2, -0.15) is 16.8 Å². The van der Waals surface area contributed by atoms with Gasteiger partial charge in [0, 0.05) is 13.0 Å². The summed E-state index contributed by atoms with van der Waals surface area (Å²) in [7, 11) is -8.69. The Balaban J connectivity index is 2.30. The van der Waals surface area contributed by atoms with E-state index in [1.807, 2.05) is 0 Å². The minimum absolute atomic E-state index is 0.0641. The number of hydrogen-bond acceptors (Lipinski definition) is 11. The molecule has 2 fully saturated rings. The molecule has 0 aromatic carbocycles. The molecule has 1 heterocycles. The van der Waals surface area contributed by atoms with E-state index in [9.17, 15) is 27.0 Å². The highest BCUT2D eigenvalue weighted by molar-refractivity contribution is 7.81. The van der Waals surface area contributed by atoms with Crippen LogP contribution in [0.1, 0.15) is 20.3 Å². The molecule has 2 aliphatic rings. The molecule has 29 heavy (non-hydrogen) atoms. The van der Waals surface area contributed by atoms with Crippen LogP contribution >= 0.6 is 0 Å². The van der Waals surface area contributed by atoms with Crippen LogP contribution in [-0.2, 0) is 43.4 Å². The molecule has 0 spiro atoms.